The maximum Gasteiger partial charge on any atom is 0.193 e. The van der Waals surface area contributed by atoms with Crippen LogP contribution in [-0.2, 0) is 20.0 Å². The second-order valence-electron chi connectivity index (χ2n) is 4.49. The lowest BCUT2D eigenvalue weighted by Gasteiger charge is -2.06. The number of halogens is 1. The van der Waals surface area contributed by atoms with Crippen LogP contribution in [-0.4, -0.2) is 10.5 Å². The third-order valence-corrected chi connectivity index (χ3v) is 3.10. The zero-order chi connectivity index (χ0) is 13.7. The number of anilines is 1. The van der Waals surface area contributed by atoms with Gasteiger partial charge in [0.25, 0.3) is 0 Å². The molecular weight excluding hydrogens is 363 g/mol. The Kier molecular flexibility index (Phi) is 6.57. The number of rotatable bonds is 4. The van der Waals surface area contributed by atoms with Gasteiger partial charge < -0.3 is 15.6 Å². The van der Waals surface area contributed by atoms with Crippen LogP contribution < -0.4 is 11.1 Å². The predicted molar refractivity (Wildman–Crippen MR) is 95.6 cm³/mol. The summed E-state index contributed by atoms with van der Waals surface area (Å²) in [7, 11) is 2.00. The molecule has 0 saturated heterocycles. The number of hydrogen-bond donors (Lipinski definition) is 2. The SMILES string of the molecule is CCc1ccc(NC(N)=NCc2cccn2C)cc1.I. The molecule has 0 amide bonds. The van der Waals surface area contributed by atoms with Crippen molar-refractivity contribution in [1.82, 2.24) is 4.57 Å². The molecule has 5 heteroatoms. The highest BCUT2D eigenvalue weighted by molar-refractivity contribution is 14.0. The molecule has 4 nitrogen and oxygen atoms in total. The van der Waals surface area contributed by atoms with Crippen LogP contribution in [0, 0.1) is 0 Å². The van der Waals surface area contributed by atoms with Gasteiger partial charge in [0.1, 0.15) is 0 Å². The van der Waals surface area contributed by atoms with E-state index in [1.165, 1.54) is 5.56 Å². The summed E-state index contributed by atoms with van der Waals surface area (Å²) in [5, 5.41) is 3.09. The quantitative estimate of drug-likeness (QED) is 0.484. The first-order valence-corrected chi connectivity index (χ1v) is 6.45. The van der Waals surface area contributed by atoms with Crippen molar-refractivity contribution in [3.8, 4) is 0 Å². The van der Waals surface area contributed by atoms with E-state index in [0.29, 0.717) is 12.5 Å². The maximum atomic E-state index is 5.87. The summed E-state index contributed by atoms with van der Waals surface area (Å²) in [5.41, 5.74) is 9.28. The lowest BCUT2D eigenvalue weighted by molar-refractivity contribution is 0.824. The molecule has 20 heavy (non-hydrogen) atoms. The Morgan fingerprint density at radius 2 is 1.95 bits per heavy atom. The third kappa shape index (κ3) is 4.56. The molecule has 1 aromatic carbocycles. The van der Waals surface area contributed by atoms with Gasteiger partial charge in [0.05, 0.1) is 6.54 Å². The minimum Gasteiger partial charge on any atom is -0.370 e. The average Bonchev–Trinajstić information content (AvgIpc) is 2.83. The largest absolute Gasteiger partial charge is 0.370 e. The van der Waals surface area contributed by atoms with Crippen LogP contribution in [0.15, 0.2) is 47.6 Å². The molecule has 0 bridgehead atoms. The number of nitrogens with zero attached hydrogens (tertiary/aromatic N) is 2. The molecule has 0 fully saturated rings. The second-order valence-corrected chi connectivity index (χ2v) is 4.49. The van der Waals surface area contributed by atoms with Crippen molar-refractivity contribution in [2.75, 3.05) is 5.32 Å². The molecule has 0 aliphatic heterocycles. The molecular formula is C15H21IN4. The van der Waals surface area contributed by atoms with E-state index in [4.69, 9.17) is 5.73 Å². The minimum atomic E-state index is 0. The fraction of sp³-hybridized carbons (Fsp3) is 0.267. The summed E-state index contributed by atoms with van der Waals surface area (Å²) >= 11 is 0. The zero-order valence-corrected chi connectivity index (χ0v) is 14.2. The smallest absolute Gasteiger partial charge is 0.193 e. The molecule has 0 spiro atoms. The van der Waals surface area contributed by atoms with Crippen molar-refractivity contribution in [2.45, 2.75) is 19.9 Å². The number of nitrogens with two attached hydrogens (primary N) is 1. The fourth-order valence-corrected chi connectivity index (χ4v) is 1.84. The van der Waals surface area contributed by atoms with Crippen molar-refractivity contribution < 1.29 is 0 Å². The number of hydrogen-bond acceptors (Lipinski definition) is 1. The Bertz CT molecular complexity index is 558. The lowest BCUT2D eigenvalue weighted by Crippen LogP contribution is -2.22. The van der Waals surface area contributed by atoms with Gasteiger partial charge in [-0.1, -0.05) is 19.1 Å². The molecule has 0 saturated carbocycles. The van der Waals surface area contributed by atoms with E-state index < -0.39 is 0 Å². The van der Waals surface area contributed by atoms with Gasteiger partial charge >= 0.3 is 0 Å². The molecule has 0 atom stereocenters. The number of guanidine groups is 1. The Morgan fingerprint density at radius 3 is 2.50 bits per heavy atom. The van der Waals surface area contributed by atoms with Crippen LogP contribution in [0.25, 0.3) is 0 Å². The standard InChI is InChI=1S/C15H20N4.HI/c1-3-12-6-8-13(9-7-12)18-15(16)17-11-14-5-4-10-19(14)2;/h4-10H,3,11H2,1-2H3,(H3,16,17,18);1H. The molecule has 2 rings (SSSR count). The van der Waals surface area contributed by atoms with Crippen molar-refractivity contribution in [1.29, 1.82) is 0 Å². The van der Waals surface area contributed by atoms with Gasteiger partial charge in [0.15, 0.2) is 5.96 Å². The predicted octanol–water partition coefficient (Wildman–Crippen LogP) is 3.13. The summed E-state index contributed by atoms with van der Waals surface area (Å²) < 4.78 is 2.03. The number of aryl methyl sites for hydroxylation is 2. The molecule has 0 unspecified atom stereocenters. The van der Waals surface area contributed by atoms with Crippen molar-refractivity contribution in [3.63, 3.8) is 0 Å². The number of nitrogens with one attached hydrogen (secondary N) is 1. The van der Waals surface area contributed by atoms with Gasteiger partial charge in [-0.3, -0.25) is 0 Å². The summed E-state index contributed by atoms with van der Waals surface area (Å²) in [5.74, 6) is 0.436. The first-order valence-electron chi connectivity index (χ1n) is 6.45. The zero-order valence-electron chi connectivity index (χ0n) is 11.8. The molecule has 0 aliphatic rings. The van der Waals surface area contributed by atoms with Gasteiger partial charge in [-0.05, 0) is 36.2 Å². The van der Waals surface area contributed by atoms with Crippen LogP contribution in [0.5, 0.6) is 0 Å². The van der Waals surface area contributed by atoms with Gasteiger partial charge in [-0.25, -0.2) is 4.99 Å². The maximum absolute atomic E-state index is 5.87. The second kappa shape index (κ2) is 7.94. The number of benzene rings is 1. The number of aromatic nitrogens is 1. The lowest BCUT2D eigenvalue weighted by atomic mass is 10.1. The highest BCUT2D eigenvalue weighted by Crippen LogP contribution is 2.09. The van der Waals surface area contributed by atoms with E-state index in [9.17, 15) is 0 Å². The first kappa shape index (κ1) is 16.6. The molecule has 1 aromatic heterocycles. The van der Waals surface area contributed by atoms with Crippen molar-refractivity contribution >= 4 is 35.6 Å². The van der Waals surface area contributed by atoms with Crippen molar-refractivity contribution in [2.24, 2.45) is 17.8 Å². The van der Waals surface area contributed by atoms with Crippen LogP contribution in [0.4, 0.5) is 5.69 Å². The summed E-state index contributed by atoms with van der Waals surface area (Å²) in [6.45, 7) is 2.72. The number of aliphatic imine (C=N–C) groups is 1. The molecule has 1 heterocycles. The normalized spacial score (nSPS) is 11.0. The topological polar surface area (TPSA) is 55.3 Å². The first-order chi connectivity index (χ1) is 9.19. The van der Waals surface area contributed by atoms with E-state index in [1.54, 1.807) is 0 Å². The van der Waals surface area contributed by atoms with E-state index in [0.717, 1.165) is 17.8 Å². The van der Waals surface area contributed by atoms with E-state index >= 15 is 0 Å². The fourth-order valence-electron chi connectivity index (χ4n) is 1.84. The molecule has 2 aromatic rings. The van der Waals surface area contributed by atoms with Gasteiger partial charge in [0.2, 0.25) is 0 Å². The summed E-state index contributed by atoms with van der Waals surface area (Å²) in [6.07, 6.45) is 3.04. The van der Waals surface area contributed by atoms with Gasteiger partial charge in [-0.15, -0.1) is 24.0 Å². The highest BCUT2D eigenvalue weighted by atomic mass is 127. The monoisotopic (exact) mass is 384 g/mol. The van der Waals surface area contributed by atoms with Gasteiger partial charge in [-0.2, -0.15) is 0 Å². The van der Waals surface area contributed by atoms with Crippen LogP contribution in [0.3, 0.4) is 0 Å². The summed E-state index contributed by atoms with van der Waals surface area (Å²) in [4.78, 5) is 4.33. The van der Waals surface area contributed by atoms with E-state index in [2.05, 4.69) is 29.4 Å². The molecule has 0 radical (unpaired) electrons. The molecule has 3 N–H and O–H groups in total. The van der Waals surface area contributed by atoms with E-state index in [-0.39, 0.29) is 24.0 Å². The highest BCUT2D eigenvalue weighted by Gasteiger charge is 1.98. The third-order valence-electron chi connectivity index (χ3n) is 3.10. The Hall–Kier alpha value is -1.50. The van der Waals surface area contributed by atoms with Crippen LogP contribution >= 0.6 is 24.0 Å². The Balaban J connectivity index is 0.00000200. The molecule has 108 valence electrons. The van der Waals surface area contributed by atoms with Crippen LogP contribution in [0.2, 0.25) is 0 Å². The Morgan fingerprint density at radius 1 is 1.25 bits per heavy atom. The summed E-state index contributed by atoms with van der Waals surface area (Å²) in [6, 6.07) is 12.2. The van der Waals surface area contributed by atoms with Crippen LogP contribution in [0.1, 0.15) is 18.2 Å². The van der Waals surface area contributed by atoms with E-state index in [1.807, 2.05) is 42.1 Å². The average molecular weight is 384 g/mol. The minimum absolute atomic E-state index is 0. The van der Waals surface area contributed by atoms with Crippen molar-refractivity contribution in [3.05, 3.63) is 53.9 Å². The Labute approximate surface area is 137 Å². The molecule has 0 aliphatic carbocycles. The van der Waals surface area contributed by atoms with Gasteiger partial charge in [0, 0.05) is 24.6 Å².